The van der Waals surface area contributed by atoms with E-state index in [1.807, 2.05) is 0 Å². The summed E-state index contributed by atoms with van der Waals surface area (Å²) in [7, 11) is 0. The maximum atomic E-state index is 13.5. The van der Waals surface area contributed by atoms with Gasteiger partial charge in [-0.1, -0.05) is 53.2 Å². The summed E-state index contributed by atoms with van der Waals surface area (Å²) < 4.78 is 23.6. The predicted molar refractivity (Wildman–Crippen MR) is 200 cm³/mol. The van der Waals surface area contributed by atoms with Crippen LogP contribution in [0, 0.1) is 50.2 Å². The van der Waals surface area contributed by atoms with Crippen molar-refractivity contribution in [3.8, 4) is 0 Å². The largest absolute Gasteiger partial charge is 0.481 e. The van der Waals surface area contributed by atoms with Crippen molar-refractivity contribution in [2.24, 2.45) is 50.2 Å². The third-order valence-corrected chi connectivity index (χ3v) is 17.2. The number of allylic oxidation sites excluding steroid dienone is 2. The van der Waals surface area contributed by atoms with E-state index in [2.05, 4.69) is 40.7 Å². The van der Waals surface area contributed by atoms with Gasteiger partial charge in [0, 0.05) is 0 Å². The Kier molecular flexibility index (Phi) is 11.2. The molecule has 2 aliphatic heterocycles. The number of fused-ring (bicyclic) bond motifs is 7. The fraction of sp³-hybridized carbons (Fsp3) is 0.881. The Bertz CT molecular complexity index is 1650. The molecule has 0 unspecified atom stereocenters. The van der Waals surface area contributed by atoms with Gasteiger partial charge in [-0.15, -0.1) is 0 Å². The van der Waals surface area contributed by atoms with Gasteiger partial charge in [-0.25, -0.2) is 4.79 Å². The van der Waals surface area contributed by atoms with Gasteiger partial charge < -0.3 is 69.7 Å². The third kappa shape index (κ3) is 6.21. The lowest BCUT2D eigenvalue weighted by molar-refractivity contribution is -0.373. The standard InChI is InChI=1S/C42H64O16/c1-37(2)13-14-42(36(53)54)20(15-37)19-7-8-23-38(3)11-10-25(39(4,18-44)22(38)9-12-40(23,5)41(19,6)16-24(42)45)56-35-32(29(49)28(48)31(57-35)33(51)52)58-34-30(50)27(47)26(46)21(17-43)55-34/h7,18,20-32,34-35,43,45-50H,8-17H2,1-6H3,(H,51,52)(H,53,54)/t20-,21+,22+,23+,24+,25-,26-,27-,28-,29-,30+,31-,32+,34-,35+,38-,39-,40+,41+,42+/m0/s1. The lowest BCUT2D eigenvalue weighted by Gasteiger charge is -2.71. The predicted octanol–water partition coefficient (Wildman–Crippen LogP) is 1.12. The first-order chi connectivity index (χ1) is 27.0. The molecular weight excluding hydrogens is 760 g/mol. The first-order valence-corrected chi connectivity index (χ1v) is 20.9. The van der Waals surface area contributed by atoms with Crippen molar-refractivity contribution in [2.75, 3.05) is 6.61 Å². The minimum Gasteiger partial charge on any atom is -0.481 e. The zero-order valence-electron chi connectivity index (χ0n) is 34.3. The topological polar surface area (TPSA) is 270 Å². The van der Waals surface area contributed by atoms with Crippen molar-refractivity contribution >= 4 is 18.2 Å². The first kappa shape index (κ1) is 44.0. The molecule has 58 heavy (non-hydrogen) atoms. The van der Waals surface area contributed by atoms with Crippen LogP contribution in [0.5, 0.6) is 0 Å². The van der Waals surface area contributed by atoms with E-state index in [9.17, 15) is 60.3 Å². The fourth-order valence-corrected chi connectivity index (χ4v) is 13.6. The molecule has 7 aliphatic rings. The van der Waals surface area contributed by atoms with Gasteiger partial charge in [-0.2, -0.15) is 0 Å². The molecule has 6 fully saturated rings. The summed E-state index contributed by atoms with van der Waals surface area (Å²) in [6.07, 6.45) is -11.9. The van der Waals surface area contributed by atoms with E-state index in [1.165, 1.54) is 0 Å². The molecule has 0 aromatic carbocycles. The molecule has 328 valence electrons. The molecule has 2 saturated heterocycles. The van der Waals surface area contributed by atoms with Gasteiger partial charge in [-0.3, -0.25) is 4.79 Å². The van der Waals surface area contributed by atoms with Crippen LogP contribution in [0.3, 0.4) is 0 Å². The summed E-state index contributed by atoms with van der Waals surface area (Å²) in [6.45, 7) is 12.1. The van der Waals surface area contributed by atoms with Crippen molar-refractivity contribution in [1.29, 1.82) is 0 Å². The molecule has 20 atom stereocenters. The summed E-state index contributed by atoms with van der Waals surface area (Å²) in [5.74, 6) is -3.07. The number of hydrogen-bond acceptors (Lipinski definition) is 14. The molecule has 0 aromatic rings. The Hall–Kier alpha value is -2.09. The van der Waals surface area contributed by atoms with Crippen LogP contribution in [0.2, 0.25) is 0 Å². The number of hydrogen-bond donors (Lipinski definition) is 9. The van der Waals surface area contributed by atoms with E-state index < -0.39 is 114 Å². The highest BCUT2D eigenvalue weighted by Gasteiger charge is 2.72. The second-order valence-corrected chi connectivity index (χ2v) is 20.5. The van der Waals surface area contributed by atoms with Crippen LogP contribution < -0.4 is 0 Å². The van der Waals surface area contributed by atoms with Crippen LogP contribution in [0.15, 0.2) is 11.6 Å². The Morgan fingerprint density at radius 1 is 0.793 bits per heavy atom. The van der Waals surface area contributed by atoms with Crippen LogP contribution in [0.1, 0.15) is 99.3 Å². The van der Waals surface area contributed by atoms with E-state index in [0.717, 1.165) is 11.9 Å². The number of aliphatic hydroxyl groups is 7. The normalized spacial score (nSPS) is 53.8. The maximum absolute atomic E-state index is 13.5. The van der Waals surface area contributed by atoms with Gasteiger partial charge in [0.15, 0.2) is 18.7 Å². The van der Waals surface area contributed by atoms with Crippen molar-refractivity contribution < 1.29 is 79.3 Å². The number of aliphatic hydroxyl groups excluding tert-OH is 7. The average Bonchev–Trinajstić information content (AvgIpc) is 3.15. The number of rotatable bonds is 8. The van der Waals surface area contributed by atoms with Crippen molar-refractivity contribution in [1.82, 2.24) is 0 Å². The molecule has 16 heteroatoms. The number of carbonyl (C=O) groups is 3. The number of carboxylic acid groups (broad SMARTS) is 2. The van der Waals surface area contributed by atoms with Crippen LogP contribution in [-0.2, 0) is 33.3 Å². The number of carbonyl (C=O) groups excluding carboxylic acids is 1. The third-order valence-electron chi connectivity index (χ3n) is 17.2. The van der Waals surface area contributed by atoms with Crippen LogP contribution >= 0.6 is 0 Å². The zero-order valence-corrected chi connectivity index (χ0v) is 34.3. The zero-order chi connectivity index (χ0) is 42.7. The summed E-state index contributed by atoms with van der Waals surface area (Å²) in [4.78, 5) is 38.8. The molecule has 16 nitrogen and oxygen atoms in total. The van der Waals surface area contributed by atoms with Gasteiger partial charge in [0.2, 0.25) is 0 Å². The monoisotopic (exact) mass is 824 g/mol. The molecule has 0 radical (unpaired) electrons. The van der Waals surface area contributed by atoms with E-state index in [1.54, 1.807) is 6.92 Å². The van der Waals surface area contributed by atoms with Crippen molar-refractivity contribution in [2.45, 2.75) is 173 Å². The Morgan fingerprint density at radius 2 is 1.48 bits per heavy atom. The molecule has 0 bridgehead atoms. The average molecular weight is 825 g/mol. The number of carboxylic acids is 2. The molecule has 5 aliphatic carbocycles. The Labute approximate surface area is 338 Å². The number of ether oxygens (including phenoxy) is 4. The first-order valence-electron chi connectivity index (χ1n) is 20.9. The fourth-order valence-electron chi connectivity index (χ4n) is 13.6. The minimum absolute atomic E-state index is 0.0374. The maximum Gasteiger partial charge on any atom is 0.335 e. The van der Waals surface area contributed by atoms with E-state index in [-0.39, 0.29) is 28.6 Å². The Morgan fingerprint density at radius 3 is 2.10 bits per heavy atom. The van der Waals surface area contributed by atoms with E-state index in [4.69, 9.17) is 18.9 Å². The summed E-state index contributed by atoms with van der Waals surface area (Å²) in [5, 5.41) is 95.7. The minimum atomic E-state index is -2.03. The smallest absolute Gasteiger partial charge is 0.335 e. The SMILES string of the molecule is CC1(C)CC[C@]2(C(=O)O)[C@H](O)C[C@]3(C)C(=CC[C@@H]4[C@@]5(C)CC[C@H](O[C@@H]6O[C@H](C(=O)O)[C@@H](O)[C@H](O)[C@H]6O[C@@H]6O[C@H](CO)[C@H](O)[C@H](O)[C@H]6O)[C@@](C)(C=O)[C@@H]5CC[C@]43C)[C@@H]2C1. The molecule has 0 aromatic heterocycles. The van der Waals surface area contributed by atoms with E-state index >= 15 is 0 Å². The second-order valence-electron chi connectivity index (χ2n) is 20.5. The highest BCUT2D eigenvalue weighted by molar-refractivity contribution is 5.77. The highest BCUT2D eigenvalue weighted by atomic mass is 16.8. The highest BCUT2D eigenvalue weighted by Crippen LogP contribution is 2.76. The van der Waals surface area contributed by atoms with Gasteiger partial charge >= 0.3 is 11.9 Å². The van der Waals surface area contributed by atoms with Gasteiger partial charge in [0.25, 0.3) is 0 Å². The quantitative estimate of drug-likeness (QED) is 0.0943. The second kappa shape index (κ2) is 14.8. The molecule has 2 heterocycles. The molecule has 0 spiro atoms. The molecule has 4 saturated carbocycles. The lowest BCUT2D eigenvalue weighted by atomic mass is 9.33. The molecule has 9 N–H and O–H groups in total. The number of aliphatic carboxylic acids is 2. The Balaban J connectivity index is 1.19. The summed E-state index contributed by atoms with van der Waals surface area (Å²) in [6, 6.07) is 0. The van der Waals surface area contributed by atoms with Gasteiger partial charge in [-0.05, 0) is 97.2 Å². The van der Waals surface area contributed by atoms with Gasteiger partial charge in [0.05, 0.1) is 24.2 Å². The van der Waals surface area contributed by atoms with Gasteiger partial charge in [0.1, 0.15) is 54.4 Å². The lowest BCUT2D eigenvalue weighted by Crippen LogP contribution is -2.68. The van der Waals surface area contributed by atoms with Crippen molar-refractivity contribution in [3.05, 3.63) is 11.6 Å². The molecule has 7 rings (SSSR count). The summed E-state index contributed by atoms with van der Waals surface area (Å²) in [5.41, 5.74) is -2.70. The number of aldehydes is 1. The summed E-state index contributed by atoms with van der Waals surface area (Å²) >= 11 is 0. The molecule has 0 amide bonds. The van der Waals surface area contributed by atoms with Crippen molar-refractivity contribution in [3.63, 3.8) is 0 Å². The van der Waals surface area contributed by atoms with Crippen LogP contribution in [-0.4, -0.2) is 144 Å². The van der Waals surface area contributed by atoms with E-state index in [0.29, 0.717) is 57.8 Å². The molecular formula is C42H64O16. The van der Waals surface area contributed by atoms with Crippen LogP contribution in [0.4, 0.5) is 0 Å². The van der Waals surface area contributed by atoms with Crippen LogP contribution in [0.25, 0.3) is 0 Å².